The van der Waals surface area contributed by atoms with Gasteiger partial charge in [0.25, 0.3) is 0 Å². The molecule has 180 valence electrons. The molecule has 0 aliphatic carbocycles. The molecule has 3 aromatic rings. The standard InChI is InChI=1S/C25H24Cl2F2N2O2S/c1-16-12-19(27)5-9-22(16)24-11-2-17(15-31(24)21-7-3-18(26)4-8-21)14-30-34(32,33)25-13-20(28)6-10-23(25)29/h3-10,12-13,17,24,30H,2,11,14-15H2,1H3. The zero-order chi connectivity index (χ0) is 24.5. The number of rotatable bonds is 6. The largest absolute Gasteiger partial charge is 0.364 e. The fraction of sp³-hybridized carbons (Fsp3) is 0.280. The van der Waals surface area contributed by atoms with Crippen molar-refractivity contribution in [3.8, 4) is 0 Å². The van der Waals surface area contributed by atoms with Crippen LogP contribution in [0.3, 0.4) is 0 Å². The third-order valence-electron chi connectivity index (χ3n) is 6.17. The smallest absolute Gasteiger partial charge is 0.243 e. The van der Waals surface area contributed by atoms with Crippen LogP contribution in [0.1, 0.15) is 30.0 Å². The second kappa shape index (κ2) is 10.2. The molecule has 2 atom stereocenters. The van der Waals surface area contributed by atoms with Gasteiger partial charge in [-0.3, -0.25) is 0 Å². The molecule has 1 fully saturated rings. The highest BCUT2D eigenvalue weighted by Gasteiger charge is 2.31. The summed E-state index contributed by atoms with van der Waals surface area (Å²) in [5.41, 5.74) is 3.20. The van der Waals surface area contributed by atoms with Crippen molar-refractivity contribution < 1.29 is 17.2 Å². The number of sulfonamides is 1. The maximum Gasteiger partial charge on any atom is 0.243 e. The van der Waals surface area contributed by atoms with Gasteiger partial charge in [-0.05, 0) is 91.4 Å². The SMILES string of the molecule is Cc1cc(Cl)ccc1C1CCC(CNS(=O)(=O)c2cc(F)ccc2F)CN1c1ccc(Cl)cc1. The molecule has 1 saturated heterocycles. The van der Waals surface area contributed by atoms with E-state index in [-0.39, 0.29) is 18.5 Å². The molecule has 4 rings (SSSR count). The lowest BCUT2D eigenvalue weighted by Gasteiger charge is -2.42. The number of nitrogens with zero attached hydrogens (tertiary/aromatic N) is 1. The quantitative estimate of drug-likeness (QED) is 0.399. The van der Waals surface area contributed by atoms with Crippen molar-refractivity contribution in [1.82, 2.24) is 4.72 Å². The van der Waals surface area contributed by atoms with Crippen LogP contribution in [0.15, 0.2) is 65.6 Å². The van der Waals surface area contributed by atoms with E-state index in [1.807, 2.05) is 49.4 Å². The minimum absolute atomic E-state index is 0.0362. The Morgan fingerprint density at radius 2 is 1.68 bits per heavy atom. The van der Waals surface area contributed by atoms with Crippen molar-refractivity contribution in [3.05, 3.63) is 93.5 Å². The average molecular weight is 525 g/mol. The van der Waals surface area contributed by atoms with Gasteiger partial charge < -0.3 is 4.90 Å². The molecule has 0 amide bonds. The molecular formula is C25H24Cl2F2N2O2S. The summed E-state index contributed by atoms with van der Waals surface area (Å²) < 4.78 is 55.3. The van der Waals surface area contributed by atoms with Gasteiger partial charge in [-0.1, -0.05) is 29.3 Å². The Morgan fingerprint density at radius 3 is 2.38 bits per heavy atom. The Kier molecular flexibility index (Phi) is 7.48. The van der Waals surface area contributed by atoms with Crippen molar-refractivity contribution in [2.24, 2.45) is 5.92 Å². The highest BCUT2D eigenvalue weighted by atomic mass is 35.5. The fourth-order valence-electron chi connectivity index (χ4n) is 4.46. The van der Waals surface area contributed by atoms with Crippen molar-refractivity contribution in [2.75, 3.05) is 18.0 Å². The van der Waals surface area contributed by atoms with Crippen molar-refractivity contribution in [3.63, 3.8) is 0 Å². The second-order valence-electron chi connectivity index (χ2n) is 8.52. The lowest BCUT2D eigenvalue weighted by Crippen LogP contribution is -2.43. The summed E-state index contributed by atoms with van der Waals surface area (Å²) in [6, 6.07) is 15.8. The molecule has 9 heteroatoms. The normalized spacial score (nSPS) is 18.8. The van der Waals surface area contributed by atoms with Crippen molar-refractivity contribution in [1.29, 1.82) is 0 Å². The van der Waals surface area contributed by atoms with E-state index in [2.05, 4.69) is 9.62 Å². The van der Waals surface area contributed by atoms with E-state index in [9.17, 15) is 17.2 Å². The number of nitrogens with one attached hydrogen (secondary N) is 1. The van der Waals surface area contributed by atoms with E-state index in [4.69, 9.17) is 23.2 Å². The van der Waals surface area contributed by atoms with E-state index in [1.165, 1.54) is 0 Å². The van der Waals surface area contributed by atoms with Crippen LogP contribution in [-0.4, -0.2) is 21.5 Å². The molecule has 4 nitrogen and oxygen atoms in total. The molecule has 0 saturated carbocycles. The maximum absolute atomic E-state index is 14.0. The first-order chi connectivity index (χ1) is 16.1. The number of halogens is 4. The predicted molar refractivity (Wildman–Crippen MR) is 132 cm³/mol. The zero-order valence-electron chi connectivity index (χ0n) is 18.4. The van der Waals surface area contributed by atoms with E-state index >= 15 is 0 Å². The monoisotopic (exact) mass is 524 g/mol. The molecule has 1 N–H and O–H groups in total. The lowest BCUT2D eigenvalue weighted by atomic mass is 9.87. The minimum atomic E-state index is -4.19. The predicted octanol–water partition coefficient (Wildman–Crippen LogP) is 6.52. The summed E-state index contributed by atoms with van der Waals surface area (Å²) in [7, 11) is -4.19. The highest BCUT2D eigenvalue weighted by molar-refractivity contribution is 7.89. The van der Waals surface area contributed by atoms with Crippen LogP contribution in [0.25, 0.3) is 0 Å². The first-order valence-electron chi connectivity index (χ1n) is 10.9. The van der Waals surface area contributed by atoms with E-state index in [0.29, 0.717) is 22.7 Å². The van der Waals surface area contributed by atoms with Gasteiger partial charge in [-0.25, -0.2) is 21.9 Å². The van der Waals surface area contributed by atoms with E-state index in [0.717, 1.165) is 41.8 Å². The van der Waals surface area contributed by atoms with Crippen molar-refractivity contribution in [2.45, 2.75) is 30.7 Å². The topological polar surface area (TPSA) is 49.4 Å². The van der Waals surface area contributed by atoms with Gasteiger partial charge in [0.1, 0.15) is 16.5 Å². The average Bonchev–Trinajstić information content (AvgIpc) is 2.80. The number of hydrogen-bond donors (Lipinski definition) is 1. The molecule has 0 spiro atoms. The molecule has 1 aliphatic heterocycles. The van der Waals surface area contributed by atoms with Gasteiger partial charge in [0.15, 0.2) is 0 Å². The van der Waals surface area contributed by atoms with Crippen LogP contribution in [0.5, 0.6) is 0 Å². The number of hydrogen-bond acceptors (Lipinski definition) is 3. The highest BCUT2D eigenvalue weighted by Crippen LogP contribution is 2.39. The van der Waals surface area contributed by atoms with Gasteiger partial charge in [-0.2, -0.15) is 0 Å². The summed E-state index contributed by atoms with van der Waals surface area (Å²) in [5, 5.41) is 1.30. The van der Waals surface area contributed by atoms with Crippen LogP contribution >= 0.6 is 23.2 Å². The summed E-state index contributed by atoms with van der Waals surface area (Å²) in [6.45, 7) is 2.70. The Bertz CT molecular complexity index is 1290. The molecule has 1 heterocycles. The van der Waals surface area contributed by atoms with Crippen LogP contribution in [-0.2, 0) is 10.0 Å². The number of piperidine rings is 1. The summed E-state index contributed by atoms with van der Waals surface area (Å²) in [5.74, 6) is -1.83. The lowest BCUT2D eigenvalue weighted by molar-refractivity contribution is 0.357. The fourth-order valence-corrected chi connectivity index (χ4v) is 6.01. The molecule has 34 heavy (non-hydrogen) atoms. The Balaban J connectivity index is 1.56. The number of anilines is 1. The zero-order valence-corrected chi connectivity index (χ0v) is 20.8. The minimum Gasteiger partial charge on any atom is -0.364 e. The van der Waals surface area contributed by atoms with Gasteiger partial charge in [0, 0.05) is 28.8 Å². The Morgan fingerprint density at radius 1 is 0.971 bits per heavy atom. The molecule has 0 aromatic heterocycles. The molecule has 3 aromatic carbocycles. The van der Waals surface area contributed by atoms with Crippen LogP contribution < -0.4 is 9.62 Å². The summed E-state index contributed by atoms with van der Waals surface area (Å²) in [4.78, 5) is 1.55. The van der Waals surface area contributed by atoms with Crippen LogP contribution in [0.2, 0.25) is 10.0 Å². The van der Waals surface area contributed by atoms with Gasteiger partial charge in [0.2, 0.25) is 10.0 Å². The van der Waals surface area contributed by atoms with E-state index in [1.54, 1.807) is 0 Å². The first-order valence-corrected chi connectivity index (χ1v) is 13.1. The van der Waals surface area contributed by atoms with E-state index < -0.39 is 26.6 Å². The molecule has 2 unspecified atom stereocenters. The molecule has 0 radical (unpaired) electrons. The van der Waals surface area contributed by atoms with Crippen LogP contribution in [0.4, 0.5) is 14.5 Å². The Hall–Kier alpha value is -2.19. The van der Waals surface area contributed by atoms with Gasteiger partial charge >= 0.3 is 0 Å². The molecular weight excluding hydrogens is 501 g/mol. The van der Waals surface area contributed by atoms with Crippen LogP contribution in [0, 0.1) is 24.5 Å². The third kappa shape index (κ3) is 5.54. The summed E-state index contributed by atoms with van der Waals surface area (Å²) in [6.07, 6.45) is 1.54. The van der Waals surface area contributed by atoms with Gasteiger partial charge in [-0.15, -0.1) is 0 Å². The number of aryl methyl sites for hydroxylation is 1. The molecule has 1 aliphatic rings. The Labute approximate surface area is 208 Å². The summed E-state index contributed by atoms with van der Waals surface area (Å²) >= 11 is 12.3. The molecule has 0 bridgehead atoms. The first kappa shape index (κ1) is 24.9. The number of benzene rings is 3. The van der Waals surface area contributed by atoms with Gasteiger partial charge in [0.05, 0.1) is 6.04 Å². The maximum atomic E-state index is 14.0. The third-order valence-corrected chi connectivity index (χ3v) is 8.10. The second-order valence-corrected chi connectivity index (χ2v) is 11.1. The van der Waals surface area contributed by atoms with Crippen molar-refractivity contribution >= 4 is 38.9 Å².